The smallest absolute Gasteiger partial charge is 0.261 e. The Labute approximate surface area is 222 Å². The minimum Gasteiger partial charge on any atom is -0.340 e. The minimum absolute atomic E-state index is 0.114. The highest BCUT2D eigenvalue weighted by Crippen LogP contribution is 2.33. The van der Waals surface area contributed by atoms with Gasteiger partial charge in [-0.05, 0) is 53.9 Å². The Morgan fingerprint density at radius 3 is 2.77 bits per heavy atom. The fourth-order valence-electron chi connectivity index (χ4n) is 5.23. The van der Waals surface area contributed by atoms with Gasteiger partial charge in [0.25, 0.3) is 5.92 Å². The van der Waals surface area contributed by atoms with Crippen molar-refractivity contribution in [2.75, 3.05) is 13.1 Å². The number of aromatic amines is 2. The van der Waals surface area contributed by atoms with Crippen LogP contribution >= 0.6 is 0 Å². The van der Waals surface area contributed by atoms with Crippen LogP contribution in [0.25, 0.3) is 33.5 Å². The topological polar surface area (TPSA) is 97.3 Å². The largest absolute Gasteiger partial charge is 0.340 e. The Balaban J connectivity index is 1.32. The number of hydrogen-bond acceptors (Lipinski definition) is 5. The first-order valence-electron chi connectivity index (χ1n) is 12.7. The van der Waals surface area contributed by atoms with Gasteiger partial charge in [-0.15, -0.1) is 0 Å². The van der Waals surface area contributed by atoms with Gasteiger partial charge in [0.2, 0.25) is 0 Å². The number of pyridine rings is 1. The Morgan fingerprint density at radius 1 is 1.13 bits per heavy atom. The van der Waals surface area contributed by atoms with E-state index in [4.69, 9.17) is 10.4 Å². The molecule has 4 heterocycles. The van der Waals surface area contributed by atoms with Crippen molar-refractivity contribution >= 4 is 17.1 Å². The van der Waals surface area contributed by atoms with E-state index in [0.717, 1.165) is 33.3 Å². The zero-order valence-electron chi connectivity index (χ0n) is 21.2. The minimum atomic E-state index is -2.63. The second-order valence-corrected chi connectivity index (χ2v) is 10.0. The summed E-state index contributed by atoms with van der Waals surface area (Å²) in [5.74, 6) is -2.96. The zero-order valence-corrected chi connectivity index (χ0v) is 21.2. The number of aryl methyl sites for hydroxylation is 1. The molecule has 1 unspecified atom stereocenters. The maximum atomic E-state index is 13.9. The molecule has 198 valence electrons. The standard InChI is InChI=1S/C29H26F3N7/c1-17-26(24(12-33)20-3-2-4-22(30)10-20)36-28(35-17)27-23-11-19(5-6-25(23)37-38-27)21-9-18(13-34-14-21)15-39-8-7-29(31,32)16-39/h2-6,9-14,24,33H,7-8,15-16H2,1H3,(H,35,36)(H,37,38). The van der Waals surface area contributed by atoms with Crippen LogP contribution < -0.4 is 0 Å². The lowest BCUT2D eigenvalue weighted by Gasteiger charge is -2.15. The predicted octanol–water partition coefficient (Wildman–Crippen LogP) is 6.08. The molecule has 3 aromatic heterocycles. The van der Waals surface area contributed by atoms with Gasteiger partial charge >= 0.3 is 0 Å². The van der Waals surface area contributed by atoms with Crippen molar-refractivity contribution in [1.82, 2.24) is 30.0 Å². The van der Waals surface area contributed by atoms with Crippen molar-refractivity contribution in [2.24, 2.45) is 0 Å². The number of halogens is 3. The number of alkyl halides is 2. The number of aromatic nitrogens is 5. The molecule has 10 heteroatoms. The number of H-pyrrole nitrogens is 2. The molecule has 1 fully saturated rings. The van der Waals surface area contributed by atoms with Gasteiger partial charge in [-0.25, -0.2) is 18.2 Å². The van der Waals surface area contributed by atoms with Crippen LogP contribution in [0.5, 0.6) is 0 Å². The number of nitrogens with zero attached hydrogens (tertiary/aromatic N) is 4. The third kappa shape index (κ3) is 4.95. The lowest BCUT2D eigenvalue weighted by atomic mass is 9.96. The first kappa shape index (κ1) is 25.0. The van der Waals surface area contributed by atoms with Crippen molar-refractivity contribution in [2.45, 2.75) is 31.7 Å². The molecular formula is C29H26F3N7. The average molecular weight is 530 g/mol. The fraction of sp³-hybridized carbons (Fsp3) is 0.241. The Kier molecular flexibility index (Phi) is 6.26. The molecule has 1 aliphatic heterocycles. The molecule has 0 radical (unpaired) electrons. The predicted molar refractivity (Wildman–Crippen MR) is 144 cm³/mol. The van der Waals surface area contributed by atoms with E-state index in [1.807, 2.05) is 31.2 Å². The number of benzene rings is 2. The third-order valence-electron chi connectivity index (χ3n) is 7.16. The van der Waals surface area contributed by atoms with E-state index in [0.29, 0.717) is 35.9 Å². The highest BCUT2D eigenvalue weighted by molar-refractivity contribution is 5.94. The van der Waals surface area contributed by atoms with Gasteiger partial charge < -0.3 is 10.4 Å². The van der Waals surface area contributed by atoms with Crippen LogP contribution in [0.3, 0.4) is 0 Å². The van der Waals surface area contributed by atoms with Crippen molar-refractivity contribution in [3.63, 3.8) is 0 Å². The molecule has 0 spiro atoms. The van der Waals surface area contributed by atoms with Gasteiger partial charge in [-0.3, -0.25) is 15.0 Å². The Morgan fingerprint density at radius 2 is 2.00 bits per heavy atom. The molecule has 5 aromatic rings. The number of rotatable bonds is 7. The summed E-state index contributed by atoms with van der Waals surface area (Å²) in [7, 11) is 0. The van der Waals surface area contributed by atoms with Gasteiger partial charge in [0, 0.05) is 54.8 Å². The lowest BCUT2D eigenvalue weighted by molar-refractivity contribution is 0.0115. The van der Waals surface area contributed by atoms with Crippen molar-refractivity contribution in [1.29, 1.82) is 5.41 Å². The molecule has 7 nitrogen and oxygen atoms in total. The molecule has 0 bridgehead atoms. The third-order valence-corrected chi connectivity index (χ3v) is 7.16. The summed E-state index contributed by atoms with van der Waals surface area (Å²) >= 11 is 0. The van der Waals surface area contributed by atoms with Crippen LogP contribution in [-0.2, 0) is 6.54 Å². The molecule has 1 saturated heterocycles. The molecule has 2 aromatic carbocycles. The number of hydrogen-bond donors (Lipinski definition) is 3. The summed E-state index contributed by atoms with van der Waals surface area (Å²) in [6.45, 7) is 2.42. The van der Waals surface area contributed by atoms with Crippen LogP contribution in [0.4, 0.5) is 13.2 Å². The Hall–Kier alpha value is -4.31. The molecule has 6 rings (SSSR count). The van der Waals surface area contributed by atoms with Gasteiger partial charge in [0.1, 0.15) is 11.5 Å². The molecular weight excluding hydrogens is 503 g/mol. The van der Waals surface area contributed by atoms with Crippen molar-refractivity contribution in [3.8, 4) is 22.6 Å². The zero-order chi connectivity index (χ0) is 27.1. The number of nitrogens with one attached hydrogen (secondary N) is 3. The lowest BCUT2D eigenvalue weighted by Crippen LogP contribution is -2.24. The van der Waals surface area contributed by atoms with Gasteiger partial charge in [0.15, 0.2) is 5.82 Å². The van der Waals surface area contributed by atoms with E-state index in [1.54, 1.807) is 29.4 Å². The monoisotopic (exact) mass is 529 g/mol. The highest BCUT2D eigenvalue weighted by Gasteiger charge is 2.37. The maximum absolute atomic E-state index is 13.9. The Bertz CT molecular complexity index is 1670. The van der Waals surface area contributed by atoms with Crippen LogP contribution in [-0.4, -0.2) is 55.3 Å². The SMILES string of the molecule is Cc1[nH]c(-c2n[nH]c3ccc(-c4cncc(CN5CCC(F)(F)C5)c4)cc23)nc1C(C=N)c1cccc(F)c1. The summed E-state index contributed by atoms with van der Waals surface area (Å²) in [5.41, 5.74) is 6.13. The summed E-state index contributed by atoms with van der Waals surface area (Å²) in [5, 5.41) is 16.4. The normalized spacial score (nSPS) is 16.1. The molecule has 0 saturated carbocycles. The summed E-state index contributed by atoms with van der Waals surface area (Å²) in [4.78, 5) is 14.2. The molecule has 3 N–H and O–H groups in total. The van der Waals surface area contributed by atoms with E-state index in [1.165, 1.54) is 18.3 Å². The molecule has 0 aliphatic carbocycles. The van der Waals surface area contributed by atoms with E-state index in [2.05, 4.69) is 20.2 Å². The molecule has 1 atom stereocenters. The van der Waals surface area contributed by atoms with E-state index >= 15 is 0 Å². The van der Waals surface area contributed by atoms with Crippen molar-refractivity contribution < 1.29 is 13.2 Å². The van der Waals surface area contributed by atoms with Crippen LogP contribution in [0.1, 0.15) is 34.9 Å². The summed E-state index contributed by atoms with van der Waals surface area (Å²) in [6, 6.07) is 14.1. The van der Waals surface area contributed by atoms with Gasteiger partial charge in [-0.1, -0.05) is 18.2 Å². The second kappa shape index (κ2) is 9.77. The molecule has 1 aliphatic rings. The quantitative estimate of drug-likeness (QED) is 0.223. The summed E-state index contributed by atoms with van der Waals surface area (Å²) < 4.78 is 41.1. The second-order valence-electron chi connectivity index (χ2n) is 10.0. The highest BCUT2D eigenvalue weighted by atomic mass is 19.3. The fourth-order valence-corrected chi connectivity index (χ4v) is 5.23. The first-order valence-corrected chi connectivity index (χ1v) is 12.7. The van der Waals surface area contributed by atoms with Crippen LogP contribution in [0.15, 0.2) is 60.9 Å². The number of likely N-dealkylation sites (tertiary alicyclic amines) is 1. The number of fused-ring (bicyclic) bond motifs is 1. The maximum Gasteiger partial charge on any atom is 0.261 e. The van der Waals surface area contributed by atoms with E-state index in [-0.39, 0.29) is 18.8 Å². The number of imidazole rings is 1. The van der Waals surface area contributed by atoms with E-state index < -0.39 is 11.8 Å². The van der Waals surface area contributed by atoms with Gasteiger partial charge in [0.05, 0.1) is 23.7 Å². The molecule has 39 heavy (non-hydrogen) atoms. The van der Waals surface area contributed by atoms with Crippen LogP contribution in [0, 0.1) is 18.2 Å². The van der Waals surface area contributed by atoms with Gasteiger partial charge in [-0.2, -0.15) is 5.10 Å². The van der Waals surface area contributed by atoms with Crippen LogP contribution in [0.2, 0.25) is 0 Å². The van der Waals surface area contributed by atoms with Crippen molar-refractivity contribution in [3.05, 3.63) is 89.3 Å². The van der Waals surface area contributed by atoms with E-state index in [9.17, 15) is 13.2 Å². The first-order chi connectivity index (χ1) is 18.8. The molecule has 0 amide bonds. The summed E-state index contributed by atoms with van der Waals surface area (Å²) in [6.07, 6.45) is 4.61. The average Bonchev–Trinajstić information content (AvgIpc) is 3.60.